The van der Waals surface area contributed by atoms with E-state index in [9.17, 15) is 8.42 Å². The summed E-state index contributed by atoms with van der Waals surface area (Å²) in [7, 11) is -3.26. The average molecular weight is 353 g/mol. The van der Waals surface area contributed by atoms with Crippen LogP contribution in [0.2, 0.25) is 0 Å². The summed E-state index contributed by atoms with van der Waals surface area (Å²) in [6.07, 6.45) is 8.22. The molecule has 1 saturated heterocycles. The maximum absolute atomic E-state index is 12.5. The average Bonchev–Trinajstić information content (AvgIpc) is 2.40. The molecule has 0 radical (unpaired) electrons. The molecule has 0 amide bonds. The first-order valence-corrected chi connectivity index (χ1v) is 10.1. The molecule has 0 aromatic heterocycles. The standard InChI is InChI=1S/C15H28N2O3S.ClH/c16-13-8-11-4-3-5-12(9-13)15(11)17-21(18,19)10-14-6-1-2-7-20-14;/h11-15,17H,1-10,16H2;1H. The highest BCUT2D eigenvalue weighted by atomic mass is 35.5. The summed E-state index contributed by atoms with van der Waals surface area (Å²) in [6.45, 7) is 0.698. The minimum Gasteiger partial charge on any atom is -0.377 e. The maximum atomic E-state index is 12.5. The van der Waals surface area contributed by atoms with E-state index in [1.807, 2.05) is 0 Å². The van der Waals surface area contributed by atoms with Crippen LogP contribution in [0.5, 0.6) is 0 Å². The Morgan fingerprint density at radius 3 is 2.32 bits per heavy atom. The van der Waals surface area contributed by atoms with Gasteiger partial charge in [-0.3, -0.25) is 0 Å². The van der Waals surface area contributed by atoms with Gasteiger partial charge >= 0.3 is 0 Å². The van der Waals surface area contributed by atoms with Crippen molar-refractivity contribution in [2.24, 2.45) is 17.6 Å². The van der Waals surface area contributed by atoms with Crippen molar-refractivity contribution in [3.8, 4) is 0 Å². The fourth-order valence-corrected chi connectivity index (χ4v) is 6.07. The summed E-state index contributed by atoms with van der Waals surface area (Å²) < 4.78 is 33.5. The van der Waals surface area contributed by atoms with Crippen molar-refractivity contribution in [3.05, 3.63) is 0 Å². The molecule has 3 unspecified atom stereocenters. The highest BCUT2D eigenvalue weighted by molar-refractivity contribution is 7.89. The summed E-state index contributed by atoms with van der Waals surface area (Å²) in [4.78, 5) is 0. The molecule has 2 saturated carbocycles. The van der Waals surface area contributed by atoms with Gasteiger partial charge in [-0.2, -0.15) is 0 Å². The second-order valence-corrected chi connectivity index (χ2v) is 8.89. The van der Waals surface area contributed by atoms with Gasteiger partial charge < -0.3 is 10.5 Å². The van der Waals surface area contributed by atoms with Crippen molar-refractivity contribution in [2.45, 2.75) is 69.6 Å². The molecule has 3 atom stereocenters. The second kappa shape index (κ2) is 7.79. The van der Waals surface area contributed by atoms with Crippen LogP contribution in [0.15, 0.2) is 0 Å². The number of nitrogens with two attached hydrogens (primary N) is 1. The van der Waals surface area contributed by atoms with Crippen molar-refractivity contribution >= 4 is 22.4 Å². The SMILES string of the molecule is Cl.NC1CC2CCCC(C1)C2NS(=O)(=O)CC1CCCCO1. The van der Waals surface area contributed by atoms with Gasteiger partial charge in [0.15, 0.2) is 0 Å². The van der Waals surface area contributed by atoms with Crippen molar-refractivity contribution in [1.82, 2.24) is 4.72 Å². The number of ether oxygens (including phenoxy) is 1. The third-order valence-corrected chi connectivity index (χ3v) is 6.81. The zero-order chi connectivity index (χ0) is 14.9. The summed E-state index contributed by atoms with van der Waals surface area (Å²) in [6, 6.07) is 0.356. The molecule has 130 valence electrons. The normalized spacial score (nSPS) is 39.0. The first-order chi connectivity index (χ1) is 10.0. The lowest BCUT2D eigenvalue weighted by Crippen LogP contribution is -2.54. The third-order valence-electron chi connectivity index (χ3n) is 5.37. The Balaban J connectivity index is 0.00000176. The molecule has 2 aliphatic carbocycles. The minimum atomic E-state index is -3.26. The molecule has 1 heterocycles. The van der Waals surface area contributed by atoms with E-state index in [4.69, 9.17) is 10.5 Å². The van der Waals surface area contributed by atoms with Crippen LogP contribution in [0.4, 0.5) is 0 Å². The van der Waals surface area contributed by atoms with Crippen molar-refractivity contribution in [2.75, 3.05) is 12.4 Å². The van der Waals surface area contributed by atoms with E-state index < -0.39 is 10.0 Å². The van der Waals surface area contributed by atoms with Crippen molar-refractivity contribution < 1.29 is 13.2 Å². The molecule has 3 N–H and O–H groups in total. The van der Waals surface area contributed by atoms with Crippen LogP contribution in [0.25, 0.3) is 0 Å². The topological polar surface area (TPSA) is 81.4 Å². The van der Waals surface area contributed by atoms with Crippen LogP contribution in [-0.4, -0.2) is 39.0 Å². The molecule has 0 spiro atoms. The molecule has 0 aromatic rings. The zero-order valence-corrected chi connectivity index (χ0v) is 14.7. The highest BCUT2D eigenvalue weighted by Gasteiger charge is 2.41. The quantitative estimate of drug-likeness (QED) is 0.808. The van der Waals surface area contributed by atoms with E-state index >= 15 is 0 Å². The fraction of sp³-hybridized carbons (Fsp3) is 1.00. The molecular formula is C15H29ClN2O3S. The van der Waals surface area contributed by atoms with E-state index in [-0.39, 0.29) is 36.3 Å². The Hall–Kier alpha value is 0.120. The monoisotopic (exact) mass is 352 g/mol. The van der Waals surface area contributed by atoms with Crippen LogP contribution in [0, 0.1) is 11.8 Å². The summed E-state index contributed by atoms with van der Waals surface area (Å²) in [5.74, 6) is 0.971. The molecule has 1 aliphatic heterocycles. The molecule has 3 rings (SSSR count). The number of hydrogen-bond donors (Lipinski definition) is 2. The van der Waals surface area contributed by atoms with Crippen molar-refractivity contribution in [3.63, 3.8) is 0 Å². The number of fused-ring (bicyclic) bond motifs is 2. The molecule has 5 nitrogen and oxygen atoms in total. The number of rotatable bonds is 4. The van der Waals surface area contributed by atoms with Gasteiger partial charge in [0.2, 0.25) is 10.0 Å². The van der Waals surface area contributed by atoms with E-state index in [0.29, 0.717) is 18.4 Å². The molecule has 22 heavy (non-hydrogen) atoms. The molecule has 3 fully saturated rings. The maximum Gasteiger partial charge on any atom is 0.214 e. The Labute approximate surface area is 140 Å². The van der Waals surface area contributed by atoms with Gasteiger partial charge in [0, 0.05) is 18.7 Å². The summed E-state index contributed by atoms with van der Waals surface area (Å²) >= 11 is 0. The predicted octanol–water partition coefficient (Wildman–Crippen LogP) is 1.80. The molecule has 2 bridgehead atoms. The van der Waals surface area contributed by atoms with Crippen LogP contribution < -0.4 is 10.5 Å². The lowest BCUT2D eigenvalue weighted by atomic mass is 9.67. The smallest absolute Gasteiger partial charge is 0.214 e. The lowest BCUT2D eigenvalue weighted by molar-refractivity contribution is 0.0301. The Kier molecular flexibility index (Phi) is 6.54. The van der Waals surface area contributed by atoms with Gasteiger partial charge in [-0.15, -0.1) is 12.4 Å². The largest absolute Gasteiger partial charge is 0.377 e. The van der Waals surface area contributed by atoms with Gasteiger partial charge in [0.25, 0.3) is 0 Å². The van der Waals surface area contributed by atoms with Gasteiger partial charge in [-0.05, 0) is 56.8 Å². The minimum absolute atomic E-state index is 0. The van der Waals surface area contributed by atoms with Crippen LogP contribution in [0.1, 0.15) is 51.4 Å². The molecule has 0 aromatic carbocycles. The Morgan fingerprint density at radius 2 is 1.73 bits per heavy atom. The zero-order valence-electron chi connectivity index (χ0n) is 13.1. The third kappa shape index (κ3) is 4.57. The van der Waals surface area contributed by atoms with Gasteiger partial charge in [0.1, 0.15) is 0 Å². The first kappa shape index (κ1) is 18.5. The Bertz CT molecular complexity index is 440. The van der Waals surface area contributed by atoms with E-state index in [0.717, 1.165) is 44.9 Å². The fourth-order valence-electron chi connectivity index (χ4n) is 4.42. The number of nitrogens with one attached hydrogen (secondary N) is 1. The molecule has 7 heteroatoms. The number of sulfonamides is 1. The van der Waals surface area contributed by atoms with E-state index in [1.54, 1.807) is 0 Å². The highest BCUT2D eigenvalue weighted by Crippen LogP contribution is 2.40. The summed E-state index contributed by atoms with van der Waals surface area (Å²) in [5.41, 5.74) is 6.10. The first-order valence-electron chi connectivity index (χ1n) is 8.41. The van der Waals surface area contributed by atoms with Crippen LogP contribution in [0.3, 0.4) is 0 Å². The Morgan fingerprint density at radius 1 is 1.05 bits per heavy atom. The van der Waals surface area contributed by atoms with Crippen LogP contribution in [-0.2, 0) is 14.8 Å². The van der Waals surface area contributed by atoms with Crippen LogP contribution >= 0.6 is 12.4 Å². The lowest BCUT2D eigenvalue weighted by Gasteiger charge is -2.45. The van der Waals surface area contributed by atoms with Gasteiger partial charge in [0.05, 0.1) is 11.9 Å². The number of halogens is 1. The predicted molar refractivity (Wildman–Crippen MR) is 89.6 cm³/mol. The second-order valence-electron chi connectivity index (χ2n) is 7.10. The molecule has 3 aliphatic rings. The number of hydrogen-bond acceptors (Lipinski definition) is 4. The van der Waals surface area contributed by atoms with E-state index in [1.165, 1.54) is 6.42 Å². The van der Waals surface area contributed by atoms with Crippen molar-refractivity contribution in [1.29, 1.82) is 0 Å². The van der Waals surface area contributed by atoms with Gasteiger partial charge in [-0.25, -0.2) is 13.1 Å². The van der Waals surface area contributed by atoms with Gasteiger partial charge in [-0.1, -0.05) is 6.42 Å². The van der Waals surface area contributed by atoms with E-state index in [2.05, 4.69) is 4.72 Å². The molecular weight excluding hydrogens is 324 g/mol. The summed E-state index contributed by atoms with van der Waals surface area (Å²) in [5, 5.41) is 0.